The molecule has 186 valence electrons. The summed E-state index contributed by atoms with van der Waals surface area (Å²) in [4.78, 5) is 42.0. The number of carbonyl (C=O) groups excluding carboxylic acids is 2. The Labute approximate surface area is 211 Å². The Morgan fingerprint density at radius 3 is 2.51 bits per heavy atom. The Morgan fingerprint density at radius 2 is 1.73 bits per heavy atom. The average Bonchev–Trinajstić information content (AvgIpc) is 3.30. The number of anilines is 1. The number of furan rings is 1. The molecule has 0 aliphatic heterocycles. The molecular weight excluding hydrogens is 474 g/mol. The fourth-order valence-corrected chi connectivity index (χ4v) is 3.77. The van der Waals surface area contributed by atoms with Crippen molar-refractivity contribution in [1.29, 1.82) is 0 Å². The summed E-state index contributed by atoms with van der Waals surface area (Å²) in [5, 5.41) is 3.41. The van der Waals surface area contributed by atoms with Gasteiger partial charge in [-0.3, -0.25) is 19.0 Å². The van der Waals surface area contributed by atoms with E-state index in [-0.39, 0.29) is 5.58 Å². The van der Waals surface area contributed by atoms with Gasteiger partial charge in [0.15, 0.2) is 6.10 Å². The monoisotopic (exact) mass is 497 g/mol. The Balaban J connectivity index is 1.16. The SMILES string of the molecule is CC(OC(=O)Cn1cnc2c(oc3ccccc32)c1=O)C(=O)Nc1ccc(OCc2ccccc2)cc1. The Bertz CT molecular complexity index is 1620. The topological polar surface area (TPSA) is 113 Å². The second kappa shape index (κ2) is 10.4. The van der Waals surface area contributed by atoms with Crippen LogP contribution in [0.5, 0.6) is 5.75 Å². The summed E-state index contributed by atoms with van der Waals surface area (Å²) in [6, 6.07) is 23.8. The van der Waals surface area contributed by atoms with Gasteiger partial charge in [-0.2, -0.15) is 0 Å². The van der Waals surface area contributed by atoms with Gasteiger partial charge >= 0.3 is 5.97 Å². The van der Waals surface area contributed by atoms with E-state index in [4.69, 9.17) is 13.9 Å². The lowest BCUT2D eigenvalue weighted by Crippen LogP contribution is -2.33. The van der Waals surface area contributed by atoms with Crippen molar-refractivity contribution in [3.63, 3.8) is 0 Å². The highest BCUT2D eigenvalue weighted by molar-refractivity contribution is 6.01. The molecule has 1 amide bonds. The molecule has 0 aliphatic rings. The molecule has 9 heteroatoms. The van der Waals surface area contributed by atoms with Gasteiger partial charge < -0.3 is 19.2 Å². The smallest absolute Gasteiger partial charge is 0.326 e. The number of fused-ring (bicyclic) bond motifs is 3. The van der Waals surface area contributed by atoms with Crippen LogP contribution < -0.4 is 15.6 Å². The average molecular weight is 498 g/mol. The normalized spacial score (nSPS) is 11.8. The maximum Gasteiger partial charge on any atom is 0.326 e. The van der Waals surface area contributed by atoms with Gasteiger partial charge in [-0.15, -0.1) is 0 Å². The minimum absolute atomic E-state index is 0.0542. The van der Waals surface area contributed by atoms with Crippen molar-refractivity contribution in [2.24, 2.45) is 0 Å². The summed E-state index contributed by atoms with van der Waals surface area (Å²) in [6.07, 6.45) is 0.181. The predicted octanol–water partition coefficient (Wildman–Crippen LogP) is 4.29. The summed E-state index contributed by atoms with van der Waals surface area (Å²) >= 11 is 0. The molecule has 5 rings (SSSR count). The van der Waals surface area contributed by atoms with Crippen molar-refractivity contribution in [2.75, 3.05) is 5.32 Å². The molecule has 0 bridgehead atoms. The summed E-state index contributed by atoms with van der Waals surface area (Å²) in [5.74, 6) is -0.613. The number of ether oxygens (including phenoxy) is 2. The molecule has 0 saturated heterocycles. The number of carbonyl (C=O) groups is 2. The Morgan fingerprint density at radius 1 is 1.00 bits per heavy atom. The first-order chi connectivity index (χ1) is 18.0. The van der Waals surface area contributed by atoms with Crippen molar-refractivity contribution in [1.82, 2.24) is 9.55 Å². The zero-order valence-corrected chi connectivity index (χ0v) is 19.9. The van der Waals surface area contributed by atoms with Gasteiger partial charge in [0, 0.05) is 11.1 Å². The molecule has 1 N–H and O–H groups in total. The number of benzene rings is 3. The van der Waals surface area contributed by atoms with E-state index in [0.717, 1.165) is 10.1 Å². The van der Waals surface area contributed by atoms with Gasteiger partial charge in [-0.05, 0) is 48.9 Å². The van der Waals surface area contributed by atoms with Crippen molar-refractivity contribution in [3.05, 3.63) is 101 Å². The highest BCUT2D eigenvalue weighted by Crippen LogP contribution is 2.24. The number of rotatable bonds is 8. The molecule has 0 radical (unpaired) electrons. The number of esters is 1. The summed E-state index contributed by atoms with van der Waals surface area (Å²) in [5.41, 5.74) is 2.07. The number of hydrogen-bond acceptors (Lipinski definition) is 7. The molecule has 0 fully saturated rings. The van der Waals surface area contributed by atoms with Gasteiger partial charge in [-0.1, -0.05) is 42.5 Å². The first-order valence-corrected chi connectivity index (χ1v) is 11.6. The van der Waals surface area contributed by atoms with Gasteiger partial charge in [-0.25, -0.2) is 4.98 Å². The molecule has 1 unspecified atom stereocenters. The summed E-state index contributed by atoms with van der Waals surface area (Å²) in [7, 11) is 0. The van der Waals surface area contributed by atoms with Crippen LogP contribution in [-0.2, 0) is 27.5 Å². The van der Waals surface area contributed by atoms with Crippen LogP contribution >= 0.6 is 0 Å². The van der Waals surface area contributed by atoms with Crippen LogP contribution in [0.1, 0.15) is 12.5 Å². The third kappa shape index (κ3) is 5.35. The number of nitrogens with one attached hydrogen (secondary N) is 1. The molecule has 37 heavy (non-hydrogen) atoms. The highest BCUT2D eigenvalue weighted by Gasteiger charge is 2.20. The molecule has 0 spiro atoms. The molecule has 9 nitrogen and oxygen atoms in total. The van der Waals surface area contributed by atoms with E-state index in [0.29, 0.717) is 34.5 Å². The second-order valence-electron chi connectivity index (χ2n) is 8.37. The van der Waals surface area contributed by atoms with Gasteiger partial charge in [0.05, 0.1) is 6.33 Å². The van der Waals surface area contributed by atoms with Crippen molar-refractivity contribution >= 4 is 39.6 Å². The molecule has 0 saturated carbocycles. The number of amides is 1. The third-order valence-corrected chi connectivity index (χ3v) is 5.70. The Hall–Kier alpha value is -4.92. The van der Waals surface area contributed by atoms with Gasteiger partial charge in [0.1, 0.15) is 30.0 Å². The molecule has 2 heterocycles. The largest absolute Gasteiger partial charge is 0.489 e. The second-order valence-corrected chi connectivity index (χ2v) is 8.37. The molecule has 5 aromatic rings. The van der Waals surface area contributed by atoms with Crippen LogP contribution in [0.4, 0.5) is 5.69 Å². The zero-order chi connectivity index (χ0) is 25.8. The summed E-state index contributed by atoms with van der Waals surface area (Å²) < 4.78 is 17.7. The van der Waals surface area contributed by atoms with E-state index in [1.54, 1.807) is 42.5 Å². The minimum atomic E-state index is -1.08. The van der Waals surface area contributed by atoms with E-state index in [1.807, 2.05) is 36.4 Å². The lowest BCUT2D eigenvalue weighted by atomic mass is 10.2. The molecular formula is C28H23N3O6. The van der Waals surface area contributed by atoms with Crippen LogP contribution in [-0.4, -0.2) is 27.5 Å². The quantitative estimate of drug-likeness (QED) is 0.318. The molecule has 1 atom stereocenters. The van der Waals surface area contributed by atoms with Crippen molar-refractivity contribution < 1.29 is 23.5 Å². The first kappa shape index (κ1) is 23.8. The predicted molar refractivity (Wildman–Crippen MR) is 137 cm³/mol. The fourth-order valence-electron chi connectivity index (χ4n) is 3.77. The zero-order valence-electron chi connectivity index (χ0n) is 19.9. The van der Waals surface area contributed by atoms with Crippen LogP contribution in [0.3, 0.4) is 0 Å². The number of nitrogens with zero attached hydrogens (tertiary/aromatic N) is 2. The van der Waals surface area contributed by atoms with E-state index in [1.165, 1.54) is 13.3 Å². The van der Waals surface area contributed by atoms with Crippen LogP contribution in [0.2, 0.25) is 0 Å². The number of aromatic nitrogens is 2. The molecule has 0 aliphatic carbocycles. The minimum Gasteiger partial charge on any atom is -0.489 e. The van der Waals surface area contributed by atoms with Gasteiger partial charge in [0.25, 0.3) is 11.5 Å². The fraction of sp³-hybridized carbons (Fsp3) is 0.143. The Kier molecular flexibility index (Phi) is 6.67. The van der Waals surface area contributed by atoms with Crippen LogP contribution in [0, 0.1) is 0 Å². The van der Waals surface area contributed by atoms with Crippen LogP contribution in [0.15, 0.2) is 94.4 Å². The van der Waals surface area contributed by atoms with Crippen molar-refractivity contribution in [2.45, 2.75) is 26.2 Å². The standard InChI is InChI=1S/C28H23N3O6/c1-18(27(33)30-20-11-13-21(14-12-20)35-16-19-7-3-2-4-8-19)36-24(32)15-31-17-29-25-22-9-5-6-10-23(22)37-26(25)28(31)34/h2-14,17-18H,15-16H2,1H3,(H,30,33). The molecule has 3 aromatic carbocycles. The molecule has 2 aromatic heterocycles. The van der Waals surface area contributed by atoms with E-state index >= 15 is 0 Å². The maximum atomic E-state index is 12.8. The summed E-state index contributed by atoms with van der Waals surface area (Å²) in [6.45, 7) is 1.47. The number of para-hydroxylation sites is 1. The maximum absolute atomic E-state index is 12.8. The number of hydrogen-bond donors (Lipinski definition) is 1. The highest BCUT2D eigenvalue weighted by atomic mass is 16.5. The van der Waals surface area contributed by atoms with Crippen molar-refractivity contribution in [3.8, 4) is 5.75 Å². The lowest BCUT2D eigenvalue weighted by molar-refractivity contribution is -0.153. The van der Waals surface area contributed by atoms with E-state index < -0.39 is 30.1 Å². The van der Waals surface area contributed by atoms with E-state index in [9.17, 15) is 14.4 Å². The third-order valence-electron chi connectivity index (χ3n) is 5.70. The van der Waals surface area contributed by atoms with Crippen LogP contribution in [0.25, 0.3) is 22.1 Å². The van der Waals surface area contributed by atoms with Gasteiger partial charge in [0.2, 0.25) is 5.58 Å². The first-order valence-electron chi connectivity index (χ1n) is 11.6. The lowest BCUT2D eigenvalue weighted by Gasteiger charge is -2.14. The van der Waals surface area contributed by atoms with E-state index in [2.05, 4.69) is 10.3 Å².